The van der Waals surface area contributed by atoms with Crippen molar-refractivity contribution in [2.45, 2.75) is 25.9 Å². The Bertz CT molecular complexity index is 554. The molecule has 21 heavy (non-hydrogen) atoms. The number of rotatable bonds is 6. The average Bonchev–Trinajstić information content (AvgIpc) is 2.54. The summed E-state index contributed by atoms with van der Waals surface area (Å²) in [7, 11) is 0. The predicted molar refractivity (Wildman–Crippen MR) is 85.9 cm³/mol. The van der Waals surface area contributed by atoms with Crippen molar-refractivity contribution in [3.05, 3.63) is 71.8 Å². The van der Waals surface area contributed by atoms with Gasteiger partial charge in [0.2, 0.25) is 5.91 Å². The summed E-state index contributed by atoms with van der Waals surface area (Å²) < 4.78 is 0. The molecule has 0 aliphatic heterocycles. The SMILES string of the molecule is C[C@H](NC(=O)CN[C@H](C)c1ccccc1)c1ccccc1. The van der Waals surface area contributed by atoms with Crippen molar-refractivity contribution >= 4 is 5.91 Å². The molecule has 2 N–H and O–H groups in total. The summed E-state index contributed by atoms with van der Waals surface area (Å²) in [5.41, 5.74) is 2.29. The molecule has 0 heterocycles. The Hall–Kier alpha value is -2.13. The Balaban J connectivity index is 1.80. The van der Waals surface area contributed by atoms with Crippen LogP contribution >= 0.6 is 0 Å². The third-order valence-electron chi connectivity index (χ3n) is 3.55. The molecule has 0 saturated heterocycles. The van der Waals surface area contributed by atoms with E-state index in [0.717, 1.165) is 5.56 Å². The molecule has 0 radical (unpaired) electrons. The molecule has 0 aliphatic carbocycles. The van der Waals surface area contributed by atoms with Crippen LogP contribution in [-0.4, -0.2) is 12.5 Å². The topological polar surface area (TPSA) is 41.1 Å². The lowest BCUT2D eigenvalue weighted by molar-refractivity contribution is -0.121. The van der Waals surface area contributed by atoms with Gasteiger partial charge in [-0.1, -0.05) is 60.7 Å². The second-order valence-electron chi connectivity index (χ2n) is 5.21. The van der Waals surface area contributed by atoms with Crippen molar-refractivity contribution in [2.24, 2.45) is 0 Å². The standard InChI is InChI=1S/C18H22N2O/c1-14(16-9-5-3-6-10-16)19-13-18(21)20-15(2)17-11-7-4-8-12-17/h3-12,14-15,19H,13H2,1-2H3,(H,20,21)/t14-,15+/m1/s1. The predicted octanol–water partition coefficient (Wildman–Crippen LogP) is 3.21. The summed E-state index contributed by atoms with van der Waals surface area (Å²) in [6.45, 7) is 4.37. The highest BCUT2D eigenvalue weighted by atomic mass is 16.1. The molecule has 0 bridgehead atoms. The maximum atomic E-state index is 12.0. The summed E-state index contributed by atoms with van der Waals surface area (Å²) in [5.74, 6) is 0.00846. The molecule has 0 saturated carbocycles. The zero-order valence-corrected chi connectivity index (χ0v) is 12.5. The van der Waals surface area contributed by atoms with Gasteiger partial charge in [-0.05, 0) is 25.0 Å². The van der Waals surface area contributed by atoms with Crippen LogP contribution in [0.25, 0.3) is 0 Å². The van der Waals surface area contributed by atoms with Crippen molar-refractivity contribution in [1.82, 2.24) is 10.6 Å². The fraction of sp³-hybridized carbons (Fsp3) is 0.278. The highest BCUT2D eigenvalue weighted by molar-refractivity contribution is 5.78. The first-order chi connectivity index (χ1) is 10.2. The van der Waals surface area contributed by atoms with Crippen LogP contribution in [0.15, 0.2) is 60.7 Å². The molecular weight excluding hydrogens is 260 g/mol. The Morgan fingerprint density at radius 3 is 1.86 bits per heavy atom. The maximum absolute atomic E-state index is 12.0. The smallest absolute Gasteiger partial charge is 0.234 e. The summed E-state index contributed by atoms with van der Waals surface area (Å²) in [6, 6.07) is 20.3. The third-order valence-corrected chi connectivity index (χ3v) is 3.55. The number of amides is 1. The number of hydrogen-bond donors (Lipinski definition) is 2. The van der Waals surface area contributed by atoms with Gasteiger partial charge in [0.05, 0.1) is 12.6 Å². The first kappa shape index (κ1) is 15.3. The third kappa shape index (κ3) is 4.72. The van der Waals surface area contributed by atoms with E-state index in [1.807, 2.05) is 55.5 Å². The minimum atomic E-state index is 0.00846. The highest BCUT2D eigenvalue weighted by Crippen LogP contribution is 2.12. The van der Waals surface area contributed by atoms with Gasteiger partial charge >= 0.3 is 0 Å². The van der Waals surface area contributed by atoms with E-state index in [9.17, 15) is 4.79 Å². The molecule has 2 rings (SSSR count). The minimum absolute atomic E-state index is 0.00846. The summed E-state index contributed by atoms with van der Waals surface area (Å²) >= 11 is 0. The van der Waals surface area contributed by atoms with Crippen LogP contribution in [0.5, 0.6) is 0 Å². The summed E-state index contributed by atoms with van der Waals surface area (Å²) in [6.07, 6.45) is 0. The number of hydrogen-bond acceptors (Lipinski definition) is 2. The molecule has 0 spiro atoms. The maximum Gasteiger partial charge on any atom is 0.234 e. The minimum Gasteiger partial charge on any atom is -0.348 e. The number of carbonyl (C=O) groups is 1. The molecule has 110 valence electrons. The lowest BCUT2D eigenvalue weighted by atomic mass is 10.1. The monoisotopic (exact) mass is 282 g/mol. The van der Waals surface area contributed by atoms with Crippen LogP contribution < -0.4 is 10.6 Å². The molecular formula is C18H22N2O. The molecule has 2 aromatic rings. The fourth-order valence-corrected chi connectivity index (χ4v) is 2.22. The van der Waals surface area contributed by atoms with Crippen LogP contribution in [0.4, 0.5) is 0 Å². The van der Waals surface area contributed by atoms with E-state index in [2.05, 4.69) is 29.7 Å². The molecule has 2 aromatic carbocycles. The second-order valence-corrected chi connectivity index (χ2v) is 5.21. The second kappa shape index (κ2) is 7.60. The zero-order chi connectivity index (χ0) is 15.1. The van der Waals surface area contributed by atoms with E-state index in [-0.39, 0.29) is 18.0 Å². The van der Waals surface area contributed by atoms with Gasteiger partial charge in [0, 0.05) is 6.04 Å². The number of carbonyl (C=O) groups excluding carboxylic acids is 1. The molecule has 0 fully saturated rings. The van der Waals surface area contributed by atoms with Crippen molar-refractivity contribution in [3.8, 4) is 0 Å². The average molecular weight is 282 g/mol. The molecule has 0 unspecified atom stereocenters. The van der Waals surface area contributed by atoms with Crippen LogP contribution in [0, 0.1) is 0 Å². The first-order valence-electron chi connectivity index (χ1n) is 7.29. The van der Waals surface area contributed by atoms with Gasteiger partial charge in [0.1, 0.15) is 0 Å². The van der Waals surface area contributed by atoms with E-state index in [4.69, 9.17) is 0 Å². The molecule has 3 heteroatoms. The van der Waals surface area contributed by atoms with Crippen molar-refractivity contribution < 1.29 is 4.79 Å². The van der Waals surface area contributed by atoms with E-state index in [1.54, 1.807) is 0 Å². The van der Waals surface area contributed by atoms with Crippen molar-refractivity contribution in [2.75, 3.05) is 6.54 Å². The molecule has 2 atom stereocenters. The van der Waals surface area contributed by atoms with Gasteiger partial charge < -0.3 is 10.6 Å². The molecule has 1 amide bonds. The molecule has 3 nitrogen and oxygen atoms in total. The summed E-state index contributed by atoms with van der Waals surface area (Å²) in [5, 5.41) is 6.25. The van der Waals surface area contributed by atoms with Crippen molar-refractivity contribution in [1.29, 1.82) is 0 Å². The van der Waals surface area contributed by atoms with Crippen LogP contribution in [0.2, 0.25) is 0 Å². The Morgan fingerprint density at radius 1 is 0.857 bits per heavy atom. The van der Waals surface area contributed by atoms with E-state index >= 15 is 0 Å². The highest BCUT2D eigenvalue weighted by Gasteiger charge is 2.10. The number of nitrogens with one attached hydrogen (secondary N) is 2. The molecule has 0 aromatic heterocycles. The molecule has 0 aliphatic rings. The Kier molecular flexibility index (Phi) is 5.52. The fourth-order valence-electron chi connectivity index (χ4n) is 2.22. The van der Waals surface area contributed by atoms with E-state index in [1.165, 1.54) is 5.56 Å². The van der Waals surface area contributed by atoms with Crippen LogP contribution in [0.1, 0.15) is 37.1 Å². The summed E-state index contributed by atoms with van der Waals surface area (Å²) in [4.78, 5) is 12.0. The lowest BCUT2D eigenvalue weighted by Gasteiger charge is -2.17. The van der Waals surface area contributed by atoms with E-state index in [0.29, 0.717) is 6.54 Å². The van der Waals surface area contributed by atoms with Crippen molar-refractivity contribution in [3.63, 3.8) is 0 Å². The zero-order valence-electron chi connectivity index (χ0n) is 12.5. The largest absolute Gasteiger partial charge is 0.348 e. The van der Waals surface area contributed by atoms with E-state index < -0.39 is 0 Å². The quantitative estimate of drug-likeness (QED) is 0.854. The first-order valence-corrected chi connectivity index (χ1v) is 7.29. The van der Waals surface area contributed by atoms with Gasteiger partial charge in [-0.3, -0.25) is 4.79 Å². The normalized spacial score (nSPS) is 13.4. The Labute approximate surface area is 126 Å². The van der Waals surface area contributed by atoms with Crippen LogP contribution in [0.3, 0.4) is 0 Å². The van der Waals surface area contributed by atoms with Gasteiger partial charge in [0.15, 0.2) is 0 Å². The lowest BCUT2D eigenvalue weighted by Crippen LogP contribution is -2.36. The van der Waals surface area contributed by atoms with Crippen LogP contribution in [-0.2, 0) is 4.79 Å². The van der Waals surface area contributed by atoms with Gasteiger partial charge in [-0.2, -0.15) is 0 Å². The van der Waals surface area contributed by atoms with Gasteiger partial charge in [0.25, 0.3) is 0 Å². The van der Waals surface area contributed by atoms with Gasteiger partial charge in [-0.25, -0.2) is 0 Å². The van der Waals surface area contributed by atoms with Gasteiger partial charge in [-0.15, -0.1) is 0 Å². The number of benzene rings is 2. The Morgan fingerprint density at radius 2 is 1.33 bits per heavy atom.